The Hall–Kier alpha value is -3.06. The summed E-state index contributed by atoms with van der Waals surface area (Å²) < 4.78 is 20.6. The molecule has 1 saturated heterocycles. The van der Waals surface area contributed by atoms with Gasteiger partial charge < -0.3 is 9.42 Å². The number of anilines is 1. The molecular formula is C27H33FN4O2. The van der Waals surface area contributed by atoms with Gasteiger partial charge in [-0.25, -0.2) is 4.39 Å². The summed E-state index contributed by atoms with van der Waals surface area (Å²) in [6.45, 7) is 8.69. The second-order valence-corrected chi connectivity index (χ2v) is 8.96. The topological polar surface area (TPSA) is 62.5 Å². The Morgan fingerprint density at radius 1 is 1.06 bits per heavy atom. The summed E-state index contributed by atoms with van der Waals surface area (Å²) in [5.74, 6) is 1.16. The Morgan fingerprint density at radius 3 is 2.35 bits per heavy atom. The van der Waals surface area contributed by atoms with Crippen LogP contribution in [-0.4, -0.2) is 47.0 Å². The molecule has 0 amide bonds. The van der Waals surface area contributed by atoms with Gasteiger partial charge >= 0.3 is 0 Å². The molecule has 0 spiro atoms. The van der Waals surface area contributed by atoms with Crippen molar-refractivity contribution in [2.45, 2.75) is 46.1 Å². The number of halogens is 1. The molecule has 4 rings (SSSR count). The first-order valence-corrected chi connectivity index (χ1v) is 12.1. The van der Waals surface area contributed by atoms with E-state index in [2.05, 4.69) is 32.1 Å². The third-order valence-electron chi connectivity index (χ3n) is 6.74. The van der Waals surface area contributed by atoms with Crippen LogP contribution < -0.4 is 4.90 Å². The minimum absolute atomic E-state index is 0.0519. The molecule has 1 unspecified atom stereocenters. The Balaban J connectivity index is 1.45. The van der Waals surface area contributed by atoms with Crippen molar-refractivity contribution in [1.82, 2.24) is 15.0 Å². The molecule has 0 bridgehead atoms. The highest BCUT2D eigenvalue weighted by Gasteiger charge is 2.31. The normalized spacial score (nSPS) is 15.6. The highest BCUT2D eigenvalue weighted by molar-refractivity contribution is 5.83. The van der Waals surface area contributed by atoms with Crippen LogP contribution in [0.4, 0.5) is 10.1 Å². The van der Waals surface area contributed by atoms with Crippen molar-refractivity contribution in [1.29, 1.82) is 0 Å². The first kappa shape index (κ1) is 24.1. The van der Waals surface area contributed by atoms with Gasteiger partial charge in [0.1, 0.15) is 17.6 Å². The monoisotopic (exact) mass is 464 g/mol. The van der Waals surface area contributed by atoms with Gasteiger partial charge in [0.15, 0.2) is 5.82 Å². The van der Waals surface area contributed by atoms with E-state index < -0.39 is 0 Å². The Morgan fingerprint density at radius 2 is 1.76 bits per heavy atom. The van der Waals surface area contributed by atoms with Crippen molar-refractivity contribution in [3.63, 3.8) is 0 Å². The maximum atomic E-state index is 15.0. The Kier molecular flexibility index (Phi) is 7.73. The van der Waals surface area contributed by atoms with Crippen molar-refractivity contribution in [3.8, 4) is 0 Å². The number of benzene rings is 2. The zero-order valence-electron chi connectivity index (χ0n) is 20.2. The molecule has 2 heterocycles. The second kappa shape index (κ2) is 10.9. The smallest absolute Gasteiger partial charge is 0.248 e. The van der Waals surface area contributed by atoms with Gasteiger partial charge in [0, 0.05) is 38.5 Å². The molecule has 1 aliphatic rings. The third kappa shape index (κ3) is 5.36. The second-order valence-electron chi connectivity index (χ2n) is 8.96. The summed E-state index contributed by atoms with van der Waals surface area (Å²) in [7, 11) is 0. The van der Waals surface area contributed by atoms with E-state index in [0.29, 0.717) is 36.9 Å². The first-order valence-electron chi connectivity index (χ1n) is 12.1. The van der Waals surface area contributed by atoms with Crippen molar-refractivity contribution < 1.29 is 13.7 Å². The van der Waals surface area contributed by atoms with Gasteiger partial charge in [-0.05, 0) is 43.0 Å². The number of piperazine rings is 1. The van der Waals surface area contributed by atoms with Crippen LogP contribution in [0.5, 0.6) is 0 Å². The molecule has 1 aromatic heterocycles. The molecule has 34 heavy (non-hydrogen) atoms. The maximum Gasteiger partial charge on any atom is 0.248 e. The number of Topliss-reactive ketones (excluding diaryl/α,β-unsaturated/α-hetero) is 1. The fourth-order valence-electron chi connectivity index (χ4n) is 4.80. The lowest BCUT2D eigenvalue weighted by Crippen LogP contribution is -2.48. The molecule has 0 radical (unpaired) electrons. The number of carbonyl (C=O) groups is 1. The molecule has 0 N–H and O–H groups in total. The summed E-state index contributed by atoms with van der Waals surface area (Å²) >= 11 is 0. The minimum atomic E-state index is -0.268. The number of nitrogens with zero attached hydrogens (tertiary/aromatic N) is 4. The molecule has 2 aromatic carbocycles. The molecule has 180 valence electrons. The number of aromatic nitrogens is 2. The Labute approximate surface area is 200 Å². The lowest BCUT2D eigenvalue weighted by molar-refractivity contribution is -0.122. The summed E-state index contributed by atoms with van der Waals surface area (Å²) in [5, 5.41) is 3.99. The number of rotatable bonds is 9. The molecule has 7 heteroatoms. The lowest BCUT2D eigenvalue weighted by atomic mass is 9.93. The van der Waals surface area contributed by atoms with Crippen molar-refractivity contribution in [2.75, 3.05) is 31.1 Å². The van der Waals surface area contributed by atoms with Gasteiger partial charge in [-0.1, -0.05) is 55.4 Å². The lowest BCUT2D eigenvalue weighted by Gasteiger charge is -2.39. The van der Waals surface area contributed by atoms with E-state index >= 15 is 4.39 Å². The SMILES string of the molecule is CCC(CC)C(=O)Cc1ccc(N2CCN(C(c3ccccc3)c3nc(C)no3)CC2)c(F)c1. The van der Waals surface area contributed by atoms with Crippen LogP contribution in [0.1, 0.15) is 55.6 Å². The predicted octanol–water partition coefficient (Wildman–Crippen LogP) is 4.98. The van der Waals surface area contributed by atoms with Crippen LogP contribution in [0.15, 0.2) is 53.1 Å². The molecule has 1 aliphatic heterocycles. The zero-order chi connectivity index (χ0) is 24.1. The molecular weight excluding hydrogens is 431 g/mol. The number of aryl methyl sites for hydroxylation is 1. The van der Waals surface area contributed by atoms with Crippen LogP contribution in [-0.2, 0) is 11.2 Å². The highest BCUT2D eigenvalue weighted by Crippen LogP contribution is 2.30. The summed E-state index contributed by atoms with van der Waals surface area (Å²) in [6, 6.07) is 15.2. The van der Waals surface area contributed by atoms with E-state index in [1.165, 1.54) is 6.07 Å². The van der Waals surface area contributed by atoms with Crippen molar-refractivity contribution in [2.24, 2.45) is 5.92 Å². The molecule has 0 aliphatic carbocycles. The molecule has 1 atom stereocenters. The zero-order valence-corrected chi connectivity index (χ0v) is 20.2. The van der Waals surface area contributed by atoms with Gasteiger partial charge in [0.05, 0.1) is 5.69 Å². The van der Waals surface area contributed by atoms with Gasteiger partial charge in [0.2, 0.25) is 5.89 Å². The van der Waals surface area contributed by atoms with E-state index in [0.717, 1.165) is 37.1 Å². The quantitative estimate of drug-likeness (QED) is 0.445. The molecule has 1 fully saturated rings. The van der Waals surface area contributed by atoms with E-state index in [9.17, 15) is 4.79 Å². The fourth-order valence-corrected chi connectivity index (χ4v) is 4.80. The number of ketones is 1. The van der Waals surface area contributed by atoms with E-state index in [4.69, 9.17) is 4.52 Å². The average Bonchev–Trinajstić information content (AvgIpc) is 3.27. The van der Waals surface area contributed by atoms with Crippen LogP contribution in [0, 0.1) is 18.7 Å². The fraction of sp³-hybridized carbons (Fsp3) is 0.444. The van der Waals surface area contributed by atoms with Gasteiger partial charge in [-0.3, -0.25) is 9.69 Å². The van der Waals surface area contributed by atoms with Crippen molar-refractivity contribution >= 4 is 11.5 Å². The summed E-state index contributed by atoms with van der Waals surface area (Å²) in [5.41, 5.74) is 2.42. The summed E-state index contributed by atoms with van der Waals surface area (Å²) in [6.07, 6.45) is 1.94. The van der Waals surface area contributed by atoms with Crippen LogP contribution >= 0.6 is 0 Å². The van der Waals surface area contributed by atoms with E-state index in [1.807, 2.05) is 51.1 Å². The van der Waals surface area contributed by atoms with Crippen LogP contribution in [0.25, 0.3) is 0 Å². The number of hydrogen-bond acceptors (Lipinski definition) is 6. The average molecular weight is 465 g/mol. The van der Waals surface area contributed by atoms with Gasteiger partial charge in [0.25, 0.3) is 0 Å². The number of hydrogen-bond donors (Lipinski definition) is 0. The molecule has 0 saturated carbocycles. The van der Waals surface area contributed by atoms with E-state index in [1.54, 1.807) is 0 Å². The molecule has 6 nitrogen and oxygen atoms in total. The standard InChI is InChI=1S/C27H33FN4O2/c1-4-21(5-2)25(33)18-20-11-12-24(23(28)17-20)31-13-15-32(16-14-31)26(22-9-7-6-8-10-22)27-29-19(3)30-34-27/h6-12,17,21,26H,4-5,13-16,18H2,1-3H3. The van der Waals surface area contributed by atoms with E-state index in [-0.39, 0.29) is 23.6 Å². The van der Waals surface area contributed by atoms with Gasteiger partial charge in [-0.15, -0.1) is 0 Å². The van der Waals surface area contributed by atoms with Crippen molar-refractivity contribution in [3.05, 3.63) is 77.2 Å². The predicted molar refractivity (Wildman–Crippen MR) is 130 cm³/mol. The molecule has 3 aromatic rings. The van der Waals surface area contributed by atoms with Crippen LogP contribution in [0.2, 0.25) is 0 Å². The van der Waals surface area contributed by atoms with Crippen LogP contribution in [0.3, 0.4) is 0 Å². The maximum absolute atomic E-state index is 15.0. The third-order valence-corrected chi connectivity index (χ3v) is 6.74. The highest BCUT2D eigenvalue weighted by atomic mass is 19.1. The summed E-state index contributed by atoms with van der Waals surface area (Å²) in [4.78, 5) is 21.3. The van der Waals surface area contributed by atoms with Gasteiger partial charge in [-0.2, -0.15) is 4.98 Å². The minimum Gasteiger partial charge on any atom is -0.367 e. The Bertz CT molecular complexity index is 1090. The first-order chi connectivity index (χ1) is 16.5. The largest absolute Gasteiger partial charge is 0.367 e. The number of carbonyl (C=O) groups excluding carboxylic acids is 1.